The van der Waals surface area contributed by atoms with E-state index in [1.807, 2.05) is 29.2 Å². The minimum atomic E-state index is -0.122. The van der Waals surface area contributed by atoms with Gasteiger partial charge in [-0.15, -0.1) is 0 Å². The molecular weight excluding hydrogens is 250 g/mol. The Kier molecular flexibility index (Phi) is 3.40. The minimum Gasteiger partial charge on any atom is -0.334 e. The number of carbonyl (C=O) groups excluding carboxylic acids is 1. The minimum absolute atomic E-state index is 0.00736. The Morgan fingerprint density at radius 3 is 3.05 bits per heavy atom. The molecule has 2 N–H and O–H groups in total. The van der Waals surface area contributed by atoms with Crippen molar-refractivity contribution < 1.29 is 4.79 Å². The molecule has 2 heterocycles. The number of amides is 1. The third kappa shape index (κ3) is 2.16. The lowest BCUT2D eigenvalue weighted by Crippen LogP contribution is -2.33. The predicted octanol–water partition coefficient (Wildman–Crippen LogP) is 2.25. The van der Waals surface area contributed by atoms with Crippen LogP contribution in [0, 0.1) is 0 Å². The van der Waals surface area contributed by atoms with Gasteiger partial charge in [0.15, 0.2) is 0 Å². The number of benzene rings is 1. The normalized spacial score (nSPS) is 22.7. The number of hydrogen-bond donors (Lipinski definition) is 1. The van der Waals surface area contributed by atoms with Gasteiger partial charge in [-0.2, -0.15) is 0 Å². The van der Waals surface area contributed by atoms with E-state index in [0.717, 1.165) is 29.4 Å². The van der Waals surface area contributed by atoms with Crippen LogP contribution >= 0.6 is 0 Å². The fraction of sp³-hybridized carbons (Fsp3) is 0.375. The topological polar surface area (TPSA) is 59.2 Å². The quantitative estimate of drug-likeness (QED) is 0.929. The lowest BCUT2D eigenvalue weighted by Gasteiger charge is -2.27. The summed E-state index contributed by atoms with van der Waals surface area (Å²) in [5.74, 6) is 0.163. The Bertz CT molecular complexity index is 640. The molecule has 1 fully saturated rings. The molecule has 0 saturated carbocycles. The van der Waals surface area contributed by atoms with E-state index in [1.54, 1.807) is 6.20 Å². The maximum Gasteiger partial charge on any atom is 0.224 e. The number of fused-ring (bicyclic) bond motifs is 1. The van der Waals surface area contributed by atoms with Gasteiger partial charge in [0.2, 0.25) is 5.91 Å². The fourth-order valence-corrected chi connectivity index (χ4v) is 3.03. The first kappa shape index (κ1) is 13.1. The van der Waals surface area contributed by atoms with Crippen molar-refractivity contribution >= 4 is 16.8 Å². The molecule has 2 aromatic rings. The van der Waals surface area contributed by atoms with Crippen LogP contribution in [0.2, 0.25) is 0 Å². The number of rotatable bonds is 3. The Labute approximate surface area is 118 Å². The average Bonchev–Trinajstić information content (AvgIpc) is 2.73. The Morgan fingerprint density at radius 2 is 2.25 bits per heavy atom. The summed E-state index contributed by atoms with van der Waals surface area (Å²) in [5, 5.41) is 1.09. The number of pyridine rings is 1. The maximum atomic E-state index is 12.1. The van der Waals surface area contributed by atoms with Gasteiger partial charge in [0.05, 0.1) is 11.6 Å². The SMILES string of the molecule is CCCN1C(=O)CC(N)C1c1ccc2ncccc2c1. The smallest absolute Gasteiger partial charge is 0.224 e. The van der Waals surface area contributed by atoms with Gasteiger partial charge in [0.25, 0.3) is 0 Å². The molecular formula is C16H19N3O. The van der Waals surface area contributed by atoms with Gasteiger partial charge in [-0.1, -0.05) is 19.1 Å². The van der Waals surface area contributed by atoms with Gasteiger partial charge in [0.1, 0.15) is 0 Å². The van der Waals surface area contributed by atoms with Crippen molar-refractivity contribution in [2.24, 2.45) is 5.73 Å². The van der Waals surface area contributed by atoms with Crippen LogP contribution in [0.4, 0.5) is 0 Å². The highest BCUT2D eigenvalue weighted by Gasteiger charge is 2.37. The average molecular weight is 269 g/mol. The first-order chi connectivity index (χ1) is 9.70. The van der Waals surface area contributed by atoms with E-state index in [9.17, 15) is 4.79 Å². The van der Waals surface area contributed by atoms with Gasteiger partial charge < -0.3 is 10.6 Å². The molecule has 0 bridgehead atoms. The Balaban J connectivity index is 2.01. The second kappa shape index (κ2) is 5.21. The summed E-state index contributed by atoms with van der Waals surface area (Å²) in [7, 11) is 0. The van der Waals surface area contributed by atoms with Crippen LogP contribution in [0.15, 0.2) is 36.5 Å². The molecule has 0 spiro atoms. The van der Waals surface area contributed by atoms with Crippen molar-refractivity contribution in [1.29, 1.82) is 0 Å². The highest BCUT2D eigenvalue weighted by molar-refractivity contribution is 5.82. The van der Waals surface area contributed by atoms with Gasteiger partial charge >= 0.3 is 0 Å². The summed E-state index contributed by atoms with van der Waals surface area (Å²) in [6.07, 6.45) is 3.18. The van der Waals surface area contributed by atoms with Crippen LogP contribution in [0.1, 0.15) is 31.4 Å². The number of carbonyl (C=O) groups is 1. The summed E-state index contributed by atoms with van der Waals surface area (Å²) in [5.41, 5.74) is 8.27. The summed E-state index contributed by atoms with van der Waals surface area (Å²) < 4.78 is 0. The molecule has 1 aromatic carbocycles. The summed E-state index contributed by atoms with van der Waals surface area (Å²) in [6, 6.07) is 9.99. The molecule has 2 unspecified atom stereocenters. The second-order valence-electron chi connectivity index (χ2n) is 5.36. The zero-order chi connectivity index (χ0) is 14.1. The molecule has 0 aliphatic carbocycles. The van der Waals surface area contributed by atoms with Crippen molar-refractivity contribution in [2.45, 2.75) is 31.8 Å². The zero-order valence-electron chi connectivity index (χ0n) is 11.6. The highest BCUT2D eigenvalue weighted by atomic mass is 16.2. The molecule has 3 rings (SSSR count). The van der Waals surface area contributed by atoms with Gasteiger partial charge in [0, 0.05) is 30.6 Å². The van der Waals surface area contributed by atoms with Gasteiger partial charge in [-0.05, 0) is 30.2 Å². The lowest BCUT2D eigenvalue weighted by atomic mass is 9.99. The summed E-state index contributed by atoms with van der Waals surface area (Å²) in [6.45, 7) is 2.85. The third-order valence-corrected chi connectivity index (χ3v) is 3.91. The maximum absolute atomic E-state index is 12.1. The molecule has 1 aliphatic rings. The van der Waals surface area contributed by atoms with Crippen LogP contribution in [-0.4, -0.2) is 28.4 Å². The number of nitrogens with two attached hydrogens (primary N) is 1. The van der Waals surface area contributed by atoms with Crippen molar-refractivity contribution in [1.82, 2.24) is 9.88 Å². The summed E-state index contributed by atoms with van der Waals surface area (Å²) in [4.78, 5) is 18.3. The van der Waals surface area contributed by atoms with Crippen molar-refractivity contribution in [3.63, 3.8) is 0 Å². The van der Waals surface area contributed by atoms with E-state index in [0.29, 0.717) is 6.42 Å². The molecule has 104 valence electrons. The first-order valence-electron chi connectivity index (χ1n) is 7.10. The van der Waals surface area contributed by atoms with E-state index >= 15 is 0 Å². The number of likely N-dealkylation sites (tertiary alicyclic amines) is 1. The standard InChI is InChI=1S/C16H19N3O/c1-2-8-19-15(20)10-13(17)16(19)12-5-6-14-11(9-12)4-3-7-18-14/h3-7,9,13,16H,2,8,10,17H2,1H3. The number of nitrogens with zero attached hydrogens (tertiary/aromatic N) is 2. The first-order valence-corrected chi connectivity index (χ1v) is 7.10. The number of hydrogen-bond acceptors (Lipinski definition) is 3. The van der Waals surface area contributed by atoms with Crippen LogP contribution < -0.4 is 5.73 Å². The molecule has 20 heavy (non-hydrogen) atoms. The van der Waals surface area contributed by atoms with Crippen LogP contribution in [0.5, 0.6) is 0 Å². The van der Waals surface area contributed by atoms with Gasteiger partial charge in [-0.25, -0.2) is 0 Å². The third-order valence-electron chi connectivity index (χ3n) is 3.91. The van der Waals surface area contributed by atoms with Crippen molar-refractivity contribution in [3.05, 3.63) is 42.1 Å². The van der Waals surface area contributed by atoms with Crippen LogP contribution in [0.3, 0.4) is 0 Å². The van der Waals surface area contributed by atoms with E-state index < -0.39 is 0 Å². The zero-order valence-corrected chi connectivity index (χ0v) is 11.6. The van der Waals surface area contributed by atoms with Crippen LogP contribution in [-0.2, 0) is 4.79 Å². The fourth-order valence-electron chi connectivity index (χ4n) is 3.03. The molecule has 1 aromatic heterocycles. The van der Waals surface area contributed by atoms with E-state index in [-0.39, 0.29) is 18.0 Å². The molecule has 0 radical (unpaired) electrons. The van der Waals surface area contributed by atoms with Crippen molar-refractivity contribution in [2.75, 3.05) is 6.54 Å². The van der Waals surface area contributed by atoms with E-state index in [2.05, 4.69) is 18.0 Å². The molecule has 1 saturated heterocycles. The second-order valence-corrected chi connectivity index (χ2v) is 5.36. The monoisotopic (exact) mass is 269 g/mol. The Hall–Kier alpha value is -1.94. The molecule has 2 atom stereocenters. The Morgan fingerprint density at radius 1 is 1.40 bits per heavy atom. The largest absolute Gasteiger partial charge is 0.334 e. The van der Waals surface area contributed by atoms with Crippen LogP contribution in [0.25, 0.3) is 10.9 Å². The molecule has 1 aliphatic heterocycles. The van der Waals surface area contributed by atoms with Gasteiger partial charge in [-0.3, -0.25) is 9.78 Å². The molecule has 4 nitrogen and oxygen atoms in total. The number of aromatic nitrogens is 1. The van der Waals surface area contributed by atoms with Crippen molar-refractivity contribution in [3.8, 4) is 0 Å². The highest BCUT2D eigenvalue weighted by Crippen LogP contribution is 2.33. The summed E-state index contributed by atoms with van der Waals surface area (Å²) >= 11 is 0. The van der Waals surface area contributed by atoms with E-state index in [4.69, 9.17) is 5.73 Å². The molecule has 1 amide bonds. The predicted molar refractivity (Wildman–Crippen MR) is 79.1 cm³/mol. The molecule has 4 heteroatoms. The lowest BCUT2D eigenvalue weighted by molar-refractivity contribution is -0.129. The van der Waals surface area contributed by atoms with E-state index in [1.165, 1.54) is 0 Å².